The second-order valence-electron chi connectivity index (χ2n) is 17.0. The molecule has 2 aromatic carbocycles. The average Bonchev–Trinajstić information content (AvgIpc) is 4.01. The van der Waals surface area contributed by atoms with Crippen molar-refractivity contribution in [2.75, 3.05) is 47.1 Å². The Labute approximate surface area is 389 Å². The van der Waals surface area contributed by atoms with E-state index in [4.69, 9.17) is 15.2 Å². The highest BCUT2D eigenvalue weighted by Gasteiger charge is 2.42. The van der Waals surface area contributed by atoms with E-state index in [0.29, 0.717) is 31.6 Å². The number of methoxy groups -OCH3 is 2. The van der Waals surface area contributed by atoms with Gasteiger partial charge in [0.1, 0.15) is 5.01 Å². The first-order valence-electron chi connectivity index (χ1n) is 23.3. The summed E-state index contributed by atoms with van der Waals surface area (Å²) >= 11 is 1.50. The van der Waals surface area contributed by atoms with E-state index >= 15 is 0 Å². The van der Waals surface area contributed by atoms with Crippen molar-refractivity contribution in [2.45, 2.75) is 144 Å². The number of nitrogens with one attached hydrogen (secondary N) is 2. The first-order valence-corrected chi connectivity index (χ1v) is 24.2. The van der Waals surface area contributed by atoms with Gasteiger partial charge in [-0.3, -0.25) is 24.1 Å². The maximum Gasteiger partial charge on any atom is 0.242 e. The van der Waals surface area contributed by atoms with Crippen molar-refractivity contribution in [1.82, 2.24) is 30.3 Å². The molecular weight excluding hydrogens is 827 g/mol. The summed E-state index contributed by atoms with van der Waals surface area (Å²) in [5, 5.41) is 8.85. The molecule has 1 fully saturated rings. The van der Waals surface area contributed by atoms with Gasteiger partial charge in [-0.05, 0) is 61.4 Å². The first kappa shape index (κ1) is 55.8. The van der Waals surface area contributed by atoms with Crippen molar-refractivity contribution >= 4 is 40.7 Å². The monoisotopic (exact) mass is 908 g/mol. The Morgan fingerprint density at radius 2 is 1.56 bits per heavy atom. The maximum absolute atomic E-state index is 14.3. The number of likely N-dealkylation sites (N-methyl/N-ethyl adjacent to an activating group) is 2. The summed E-state index contributed by atoms with van der Waals surface area (Å²) in [4.78, 5) is 65.5. The van der Waals surface area contributed by atoms with Crippen LogP contribution in [0.5, 0.6) is 0 Å². The predicted molar refractivity (Wildman–Crippen MR) is 261 cm³/mol. The van der Waals surface area contributed by atoms with Gasteiger partial charge in [0.2, 0.25) is 23.6 Å². The molecule has 0 saturated carbocycles. The van der Waals surface area contributed by atoms with Crippen LogP contribution in [-0.2, 0) is 41.6 Å². The number of aromatic nitrogens is 1. The molecule has 0 spiro atoms. The van der Waals surface area contributed by atoms with Crippen LogP contribution in [0.3, 0.4) is 0 Å². The van der Waals surface area contributed by atoms with Crippen LogP contribution >= 0.6 is 11.3 Å². The van der Waals surface area contributed by atoms with Gasteiger partial charge >= 0.3 is 0 Å². The predicted octanol–water partition coefficient (Wildman–Crippen LogP) is 7.76. The number of amides is 4. The standard InChI is InChI=1S/C45H67N7O6S.C3H8.C2H6/c1-10-30(4)41(51(7)39(54)27-48-44(56)40(29(2)3)50(6)28-33-18-20-34(46)21-19-33)37(57-8)26-38(53)52-23-14-17-36(52)42(58-9)31(5)43(55)49-35(45-47-22-24-59-45)25-32-15-12-11-13-16-32;1-3-2;1-2/h11-13,15-16,18-22,24,29-31,35-37,40-42H,10,14,17,23,25-28,46H2,1-9H3,(H,48,56)(H,49,55);3H2,1-2H3;1-2H3. The molecule has 4 N–H and O–H groups in total. The molecule has 4 amide bonds. The van der Waals surface area contributed by atoms with Crippen LogP contribution in [0.2, 0.25) is 0 Å². The fraction of sp³-hybridized carbons (Fsp3) is 0.620. The average molecular weight is 908 g/mol. The van der Waals surface area contributed by atoms with Crippen molar-refractivity contribution in [3.8, 4) is 0 Å². The zero-order chi connectivity index (χ0) is 47.9. The minimum atomic E-state index is -0.614. The second-order valence-corrected chi connectivity index (χ2v) is 18.0. The molecule has 4 rings (SSSR count). The SMILES string of the molecule is CC.CCC.CCC(C)C(C(CC(=O)N1CCCC1C(OC)C(C)C(=O)NC(Cc1ccccc1)c1nccs1)OC)N(C)C(=O)CNC(=O)C(C(C)C)N(C)Cc1ccc(N)cc1. The zero-order valence-electron chi connectivity index (χ0n) is 41.1. The van der Waals surface area contributed by atoms with E-state index < -0.39 is 30.2 Å². The topological polar surface area (TPSA) is 159 Å². The van der Waals surface area contributed by atoms with Gasteiger partial charge in [0, 0.05) is 51.6 Å². The van der Waals surface area contributed by atoms with Crippen LogP contribution in [0.1, 0.15) is 117 Å². The summed E-state index contributed by atoms with van der Waals surface area (Å²) in [6.07, 6.45) is 4.68. The number of thiazole rings is 1. The van der Waals surface area contributed by atoms with Crippen LogP contribution in [-0.4, -0.2) is 115 Å². The van der Waals surface area contributed by atoms with Gasteiger partial charge in [0.25, 0.3) is 0 Å². The molecule has 64 heavy (non-hydrogen) atoms. The summed E-state index contributed by atoms with van der Waals surface area (Å²) in [5.74, 6) is -1.38. The van der Waals surface area contributed by atoms with E-state index in [2.05, 4.69) is 29.5 Å². The Balaban J connectivity index is 0.00000270. The van der Waals surface area contributed by atoms with Crippen LogP contribution in [0.15, 0.2) is 66.2 Å². The van der Waals surface area contributed by atoms with E-state index in [-0.39, 0.29) is 60.5 Å². The van der Waals surface area contributed by atoms with Crippen molar-refractivity contribution in [3.05, 3.63) is 82.3 Å². The van der Waals surface area contributed by atoms with Crippen LogP contribution in [0.4, 0.5) is 5.69 Å². The van der Waals surface area contributed by atoms with E-state index in [1.807, 2.05) is 125 Å². The normalized spacial score (nSPS) is 16.8. The highest BCUT2D eigenvalue weighted by atomic mass is 32.1. The summed E-state index contributed by atoms with van der Waals surface area (Å²) in [6, 6.07) is 16.0. The molecule has 0 aliphatic carbocycles. The van der Waals surface area contributed by atoms with Crippen molar-refractivity contribution in [3.63, 3.8) is 0 Å². The third-order valence-corrected chi connectivity index (χ3v) is 12.7. The summed E-state index contributed by atoms with van der Waals surface area (Å²) in [7, 11) is 6.77. The lowest BCUT2D eigenvalue weighted by molar-refractivity contribution is -0.146. The molecule has 14 heteroatoms. The van der Waals surface area contributed by atoms with Crippen molar-refractivity contribution in [2.24, 2.45) is 17.8 Å². The molecule has 1 aromatic heterocycles. The van der Waals surface area contributed by atoms with Crippen LogP contribution in [0, 0.1) is 17.8 Å². The molecule has 8 unspecified atom stereocenters. The Morgan fingerprint density at radius 1 is 0.922 bits per heavy atom. The number of benzene rings is 2. The minimum Gasteiger partial charge on any atom is -0.399 e. The molecule has 3 aromatic rings. The quantitative estimate of drug-likeness (QED) is 0.0857. The van der Waals surface area contributed by atoms with E-state index in [9.17, 15) is 19.2 Å². The lowest BCUT2D eigenvalue weighted by Crippen LogP contribution is -2.55. The third kappa shape index (κ3) is 16.6. The largest absolute Gasteiger partial charge is 0.399 e. The Hall–Kier alpha value is -4.37. The number of hydrogen-bond donors (Lipinski definition) is 3. The lowest BCUT2D eigenvalue weighted by Gasteiger charge is -2.39. The smallest absolute Gasteiger partial charge is 0.242 e. The molecule has 358 valence electrons. The molecule has 13 nitrogen and oxygen atoms in total. The summed E-state index contributed by atoms with van der Waals surface area (Å²) in [5.41, 5.74) is 8.65. The van der Waals surface area contributed by atoms with Gasteiger partial charge in [0.15, 0.2) is 0 Å². The number of nitrogens with zero attached hydrogens (tertiary/aromatic N) is 4. The summed E-state index contributed by atoms with van der Waals surface area (Å²) in [6.45, 7) is 19.0. The van der Waals surface area contributed by atoms with Crippen LogP contribution in [0.25, 0.3) is 0 Å². The number of carbonyl (C=O) groups is 4. The number of anilines is 1. The Kier molecular flexibility index (Phi) is 25.5. The number of nitrogens with two attached hydrogens (primary N) is 1. The van der Waals surface area contributed by atoms with Crippen molar-refractivity contribution in [1.29, 1.82) is 0 Å². The third-order valence-electron chi connectivity index (χ3n) is 11.9. The Morgan fingerprint density at radius 3 is 2.11 bits per heavy atom. The molecule has 2 heterocycles. The van der Waals surface area contributed by atoms with Crippen molar-refractivity contribution < 1.29 is 28.7 Å². The molecule has 1 saturated heterocycles. The van der Waals surface area contributed by atoms with Gasteiger partial charge in [-0.1, -0.05) is 118 Å². The first-order chi connectivity index (χ1) is 30.6. The fourth-order valence-electron chi connectivity index (χ4n) is 8.50. The maximum atomic E-state index is 14.3. The zero-order valence-corrected chi connectivity index (χ0v) is 42.0. The lowest BCUT2D eigenvalue weighted by atomic mass is 9.90. The van der Waals surface area contributed by atoms with Gasteiger partial charge < -0.3 is 35.6 Å². The molecule has 1 aliphatic heterocycles. The highest BCUT2D eigenvalue weighted by molar-refractivity contribution is 7.09. The number of carbonyl (C=O) groups excluding carboxylic acids is 4. The highest BCUT2D eigenvalue weighted by Crippen LogP contribution is 2.30. The number of ether oxygens (including phenoxy) is 2. The second kappa shape index (κ2) is 29.2. The molecular formula is C50H81N7O6S. The molecule has 0 radical (unpaired) electrons. The van der Waals surface area contributed by atoms with E-state index in [1.165, 1.54) is 17.8 Å². The van der Waals surface area contributed by atoms with E-state index in [1.54, 1.807) is 32.4 Å². The number of likely N-dealkylation sites (tertiary alicyclic amines) is 1. The number of rotatable bonds is 22. The molecule has 1 aliphatic rings. The van der Waals surface area contributed by atoms with Gasteiger partial charge in [-0.15, -0.1) is 11.3 Å². The summed E-state index contributed by atoms with van der Waals surface area (Å²) < 4.78 is 12.0. The van der Waals surface area contributed by atoms with Crippen LogP contribution < -0.4 is 16.4 Å². The molecule has 8 atom stereocenters. The minimum absolute atomic E-state index is 0.0112. The van der Waals surface area contributed by atoms with Gasteiger partial charge in [-0.25, -0.2) is 4.98 Å². The fourth-order valence-corrected chi connectivity index (χ4v) is 9.19. The number of hydrogen-bond acceptors (Lipinski definition) is 10. The van der Waals surface area contributed by atoms with Gasteiger partial charge in [-0.2, -0.15) is 0 Å². The number of nitrogen functional groups attached to an aromatic ring is 1. The Bertz CT molecular complexity index is 1780. The molecule has 0 bridgehead atoms. The van der Waals surface area contributed by atoms with Gasteiger partial charge in [0.05, 0.1) is 55.3 Å². The van der Waals surface area contributed by atoms with E-state index in [0.717, 1.165) is 29.0 Å².